The van der Waals surface area contributed by atoms with Crippen LogP contribution in [0.4, 0.5) is 5.69 Å². The first kappa shape index (κ1) is 19.9. The van der Waals surface area contributed by atoms with Gasteiger partial charge in [0.2, 0.25) is 5.69 Å². The second-order valence-electron chi connectivity index (χ2n) is 8.14. The minimum atomic E-state index is -0.641. The van der Waals surface area contributed by atoms with E-state index in [-0.39, 0.29) is 30.9 Å². The Bertz CT molecular complexity index is 1350. The van der Waals surface area contributed by atoms with Crippen LogP contribution >= 0.6 is 0 Å². The van der Waals surface area contributed by atoms with Crippen LogP contribution in [0.3, 0.4) is 0 Å². The van der Waals surface area contributed by atoms with Crippen LogP contribution in [0.2, 0.25) is 0 Å². The molecule has 0 bridgehead atoms. The molecule has 164 valence electrons. The summed E-state index contributed by atoms with van der Waals surface area (Å²) in [5, 5.41) is 9.91. The summed E-state index contributed by atoms with van der Waals surface area (Å²) in [5.41, 5.74) is 5.14. The number of benzene rings is 2. The molecule has 2 N–H and O–H groups in total. The Morgan fingerprint density at radius 3 is 2.45 bits per heavy atom. The Morgan fingerprint density at radius 1 is 0.939 bits per heavy atom. The van der Waals surface area contributed by atoms with Crippen molar-refractivity contribution in [1.82, 2.24) is 15.0 Å². The summed E-state index contributed by atoms with van der Waals surface area (Å²) in [7, 11) is 0. The standard InChI is InChI=1S/C25H20N4O4/c1-26-17-11-18-24(29-25(27-18)33-20-13-32-22-19(30)12-31-23(20)22)28-21(17)16-9-7-15(8-10-16)14-5-3-2-4-6-14/h2-11,19-20,22-23,30H,12-13H2,(H,27,28,29)/t19-,20-,22-,23-/m1/s1. The Morgan fingerprint density at radius 2 is 1.67 bits per heavy atom. The van der Waals surface area contributed by atoms with Gasteiger partial charge in [0.25, 0.3) is 6.01 Å². The lowest BCUT2D eigenvalue weighted by molar-refractivity contribution is 0.00706. The van der Waals surface area contributed by atoms with Crippen molar-refractivity contribution >= 4 is 16.9 Å². The van der Waals surface area contributed by atoms with Crippen LogP contribution in [-0.4, -0.2) is 57.7 Å². The van der Waals surface area contributed by atoms with Gasteiger partial charge in [-0.25, -0.2) is 9.83 Å². The van der Waals surface area contributed by atoms with E-state index in [4.69, 9.17) is 20.8 Å². The number of rotatable bonds is 4. The van der Waals surface area contributed by atoms with E-state index in [0.29, 0.717) is 29.2 Å². The van der Waals surface area contributed by atoms with Gasteiger partial charge in [-0.05, 0) is 22.8 Å². The maximum Gasteiger partial charge on any atom is 0.296 e. The Hall–Kier alpha value is -3.77. The molecular weight excluding hydrogens is 420 g/mol. The van der Waals surface area contributed by atoms with Gasteiger partial charge in [0.1, 0.15) is 18.3 Å². The molecule has 0 saturated carbocycles. The maximum atomic E-state index is 9.91. The molecule has 0 aliphatic carbocycles. The number of hydrogen-bond acceptors (Lipinski definition) is 6. The average Bonchev–Trinajstić information content (AvgIpc) is 3.55. The summed E-state index contributed by atoms with van der Waals surface area (Å²) in [6, 6.07) is 20.1. The SMILES string of the molecule is [C-]#[N+]c1cc2[nH]c(O[C@@H]3CO[C@H]4[C@@H]3OC[C@H]4O)nc2nc1-c1ccc(-c2ccccc2)cc1. The monoisotopic (exact) mass is 440 g/mol. The molecule has 2 aliphatic rings. The van der Waals surface area contributed by atoms with Crippen molar-refractivity contribution in [2.24, 2.45) is 0 Å². The maximum absolute atomic E-state index is 9.91. The fourth-order valence-corrected chi connectivity index (χ4v) is 4.40. The summed E-state index contributed by atoms with van der Waals surface area (Å²) >= 11 is 0. The van der Waals surface area contributed by atoms with Gasteiger partial charge >= 0.3 is 0 Å². The molecule has 8 heteroatoms. The number of aliphatic hydroxyl groups is 1. The van der Waals surface area contributed by atoms with Crippen LogP contribution in [0, 0.1) is 6.57 Å². The van der Waals surface area contributed by atoms with Gasteiger partial charge in [0.05, 0.1) is 31.0 Å². The van der Waals surface area contributed by atoms with Crippen LogP contribution in [0.5, 0.6) is 6.01 Å². The predicted octanol–water partition coefficient (Wildman–Crippen LogP) is 3.75. The molecule has 0 radical (unpaired) electrons. The van der Waals surface area contributed by atoms with Crippen molar-refractivity contribution in [3.05, 3.63) is 72.1 Å². The molecule has 0 unspecified atom stereocenters. The molecule has 8 nitrogen and oxygen atoms in total. The highest BCUT2D eigenvalue weighted by Gasteiger charge is 2.48. The van der Waals surface area contributed by atoms with Crippen molar-refractivity contribution in [3.8, 4) is 28.4 Å². The minimum absolute atomic E-state index is 0.234. The number of nitrogens with one attached hydrogen (secondary N) is 1. The second-order valence-corrected chi connectivity index (χ2v) is 8.14. The molecule has 2 aromatic carbocycles. The van der Waals surface area contributed by atoms with Crippen LogP contribution in [0.15, 0.2) is 60.7 Å². The second kappa shape index (κ2) is 7.98. The number of pyridine rings is 1. The molecule has 2 saturated heterocycles. The van der Waals surface area contributed by atoms with Crippen LogP contribution in [0.25, 0.3) is 38.4 Å². The fourth-order valence-electron chi connectivity index (χ4n) is 4.40. The lowest BCUT2D eigenvalue weighted by Crippen LogP contribution is -2.34. The normalized spacial score (nSPS) is 24.0. The average molecular weight is 440 g/mol. The Kier molecular flexibility index (Phi) is 4.80. The van der Waals surface area contributed by atoms with Gasteiger partial charge < -0.3 is 24.3 Å². The quantitative estimate of drug-likeness (QED) is 0.470. The molecule has 2 aliphatic heterocycles. The fraction of sp³-hybridized carbons (Fsp3) is 0.240. The van der Waals surface area contributed by atoms with Crippen LogP contribution < -0.4 is 4.74 Å². The van der Waals surface area contributed by atoms with E-state index in [1.54, 1.807) is 6.07 Å². The molecule has 6 rings (SSSR count). The predicted molar refractivity (Wildman–Crippen MR) is 121 cm³/mol. The number of hydrogen-bond donors (Lipinski definition) is 2. The van der Waals surface area contributed by atoms with E-state index >= 15 is 0 Å². The van der Waals surface area contributed by atoms with E-state index in [0.717, 1.165) is 16.7 Å². The Labute approximate surface area is 189 Å². The summed E-state index contributed by atoms with van der Waals surface area (Å²) < 4.78 is 17.2. The van der Waals surface area contributed by atoms with Crippen molar-refractivity contribution in [2.75, 3.05) is 13.2 Å². The third-order valence-corrected chi connectivity index (χ3v) is 6.06. The van der Waals surface area contributed by atoms with Gasteiger partial charge in [0.15, 0.2) is 11.8 Å². The van der Waals surface area contributed by atoms with Crippen molar-refractivity contribution in [2.45, 2.75) is 24.4 Å². The van der Waals surface area contributed by atoms with Gasteiger partial charge in [-0.3, -0.25) is 0 Å². The van der Waals surface area contributed by atoms with Gasteiger partial charge in [-0.2, -0.15) is 4.98 Å². The first-order valence-electron chi connectivity index (χ1n) is 10.7. The highest BCUT2D eigenvalue weighted by Crippen LogP contribution is 2.34. The number of aromatic nitrogens is 3. The molecule has 0 spiro atoms. The van der Waals surface area contributed by atoms with E-state index in [1.807, 2.05) is 42.5 Å². The van der Waals surface area contributed by atoms with Gasteiger partial charge in [-0.15, -0.1) is 0 Å². The largest absolute Gasteiger partial charge is 0.456 e. The number of H-pyrrole nitrogens is 1. The number of ether oxygens (including phenoxy) is 3. The van der Waals surface area contributed by atoms with Crippen molar-refractivity contribution < 1.29 is 19.3 Å². The third kappa shape index (κ3) is 3.52. The number of fused-ring (bicyclic) bond motifs is 2. The molecule has 4 aromatic rings. The zero-order chi connectivity index (χ0) is 22.4. The van der Waals surface area contributed by atoms with E-state index in [9.17, 15) is 5.11 Å². The zero-order valence-corrected chi connectivity index (χ0v) is 17.5. The first-order valence-corrected chi connectivity index (χ1v) is 10.7. The topological polar surface area (TPSA) is 93.9 Å². The van der Waals surface area contributed by atoms with Crippen molar-refractivity contribution in [1.29, 1.82) is 0 Å². The molecule has 2 aromatic heterocycles. The van der Waals surface area contributed by atoms with Gasteiger partial charge in [-0.1, -0.05) is 54.6 Å². The molecule has 0 amide bonds. The van der Waals surface area contributed by atoms with E-state index in [1.165, 1.54) is 0 Å². The van der Waals surface area contributed by atoms with Gasteiger partial charge in [0, 0.05) is 0 Å². The minimum Gasteiger partial charge on any atom is -0.456 e. The lowest BCUT2D eigenvalue weighted by Gasteiger charge is -2.15. The lowest BCUT2D eigenvalue weighted by atomic mass is 10.0. The number of aromatic amines is 1. The summed E-state index contributed by atoms with van der Waals surface area (Å²) in [4.78, 5) is 15.9. The first-order chi connectivity index (χ1) is 16.2. The zero-order valence-electron chi connectivity index (χ0n) is 17.5. The molecule has 4 heterocycles. The third-order valence-electron chi connectivity index (χ3n) is 6.06. The molecule has 4 atom stereocenters. The summed E-state index contributed by atoms with van der Waals surface area (Å²) in [6.07, 6.45) is -1.73. The Balaban J connectivity index is 1.29. The summed E-state index contributed by atoms with van der Waals surface area (Å²) in [5.74, 6) is 0. The highest BCUT2D eigenvalue weighted by atomic mass is 16.6. The highest BCUT2D eigenvalue weighted by molar-refractivity contribution is 5.86. The van der Waals surface area contributed by atoms with Crippen LogP contribution in [0.1, 0.15) is 0 Å². The smallest absolute Gasteiger partial charge is 0.296 e. The van der Waals surface area contributed by atoms with E-state index in [2.05, 4.69) is 31.9 Å². The summed E-state index contributed by atoms with van der Waals surface area (Å²) in [6.45, 7) is 8.18. The molecule has 2 fully saturated rings. The number of nitrogens with zero attached hydrogens (tertiary/aromatic N) is 3. The van der Waals surface area contributed by atoms with Crippen LogP contribution in [-0.2, 0) is 9.47 Å². The number of aliphatic hydroxyl groups excluding tert-OH is 1. The number of imidazole rings is 1. The molecule has 33 heavy (non-hydrogen) atoms. The van der Waals surface area contributed by atoms with Crippen molar-refractivity contribution in [3.63, 3.8) is 0 Å². The van der Waals surface area contributed by atoms with E-state index < -0.39 is 6.10 Å². The molecular formula is C25H20N4O4.